The predicted molar refractivity (Wildman–Crippen MR) is 68.6 cm³/mol. The van der Waals surface area contributed by atoms with Crippen LogP contribution in [0.4, 0.5) is 9.59 Å². The lowest BCUT2D eigenvalue weighted by molar-refractivity contribution is 0.0458. The van der Waals surface area contributed by atoms with Crippen LogP contribution in [0.15, 0.2) is 0 Å². The molecule has 0 heterocycles. The third-order valence-corrected chi connectivity index (χ3v) is 1.85. The highest BCUT2D eigenvalue weighted by atomic mass is 16.6. The summed E-state index contributed by atoms with van der Waals surface area (Å²) in [6.07, 6.45) is -3.20. The van der Waals surface area contributed by atoms with Crippen LogP contribution in [0.5, 0.6) is 0 Å². The number of carbonyl (C=O) groups is 2. The highest BCUT2D eigenvalue weighted by Gasteiger charge is 2.23. The molecule has 0 saturated heterocycles. The Morgan fingerprint density at radius 2 is 1.95 bits per heavy atom. The summed E-state index contributed by atoms with van der Waals surface area (Å²) in [4.78, 5) is 22.0. The maximum Gasteiger partial charge on any atom is 0.408 e. The van der Waals surface area contributed by atoms with Gasteiger partial charge in [0.2, 0.25) is 0 Å². The summed E-state index contributed by atoms with van der Waals surface area (Å²) in [5.74, 6) is 4.93. The fourth-order valence-corrected chi connectivity index (χ4v) is 1.15. The van der Waals surface area contributed by atoms with Gasteiger partial charge in [0.05, 0.1) is 6.04 Å². The molecule has 0 aromatic carbocycles. The Balaban J connectivity index is 4.60. The Kier molecular flexibility index (Phi) is 6.72. The minimum Gasteiger partial charge on any atom is -0.465 e. The average Bonchev–Trinajstić information content (AvgIpc) is 2.21. The number of alkyl carbamates (subject to hydrolysis) is 1. The van der Waals surface area contributed by atoms with Gasteiger partial charge in [0.25, 0.3) is 0 Å². The first-order valence-electron chi connectivity index (χ1n) is 5.72. The first-order valence-corrected chi connectivity index (χ1v) is 5.72. The summed E-state index contributed by atoms with van der Waals surface area (Å²) in [6, 6.07) is -0.890. The summed E-state index contributed by atoms with van der Waals surface area (Å²) in [7, 11) is 0. The molecule has 0 spiro atoms. The molecule has 2 unspecified atom stereocenters. The molecule has 2 amide bonds. The van der Waals surface area contributed by atoms with Gasteiger partial charge in [-0.25, -0.2) is 9.59 Å². The first-order chi connectivity index (χ1) is 8.65. The minimum absolute atomic E-state index is 0.176. The van der Waals surface area contributed by atoms with Crippen LogP contribution in [-0.4, -0.2) is 46.7 Å². The van der Waals surface area contributed by atoms with Crippen LogP contribution in [0.2, 0.25) is 0 Å². The van der Waals surface area contributed by atoms with Crippen LogP contribution in [-0.2, 0) is 4.74 Å². The largest absolute Gasteiger partial charge is 0.465 e. The second kappa shape index (κ2) is 7.48. The summed E-state index contributed by atoms with van der Waals surface area (Å²) < 4.78 is 5.02. The van der Waals surface area contributed by atoms with Gasteiger partial charge in [-0.2, -0.15) is 0 Å². The molecule has 0 rings (SSSR count). The van der Waals surface area contributed by atoms with E-state index in [9.17, 15) is 14.7 Å². The molecule has 19 heavy (non-hydrogen) atoms. The van der Waals surface area contributed by atoms with E-state index in [4.69, 9.17) is 9.84 Å². The van der Waals surface area contributed by atoms with Crippen molar-refractivity contribution in [3.63, 3.8) is 0 Å². The smallest absolute Gasteiger partial charge is 0.408 e. The molecule has 7 nitrogen and oxygen atoms in total. The van der Waals surface area contributed by atoms with Crippen molar-refractivity contribution in [1.29, 1.82) is 0 Å². The number of aliphatic hydroxyl groups excluding tert-OH is 1. The van der Waals surface area contributed by atoms with Gasteiger partial charge in [0.15, 0.2) is 0 Å². The Labute approximate surface area is 112 Å². The number of hydrogen-bond donors (Lipinski definition) is 4. The van der Waals surface area contributed by atoms with Gasteiger partial charge in [0, 0.05) is 6.54 Å². The summed E-state index contributed by atoms with van der Waals surface area (Å²) in [6.45, 7) is 6.43. The molecule has 2 atom stereocenters. The molecular formula is C12H20N2O5. The van der Waals surface area contributed by atoms with Gasteiger partial charge in [-0.15, -0.1) is 5.92 Å². The zero-order valence-corrected chi connectivity index (χ0v) is 11.5. The van der Waals surface area contributed by atoms with Gasteiger partial charge in [0.1, 0.15) is 11.7 Å². The second-order valence-corrected chi connectivity index (χ2v) is 4.78. The second-order valence-electron chi connectivity index (χ2n) is 4.78. The van der Waals surface area contributed by atoms with Crippen molar-refractivity contribution in [2.45, 2.75) is 45.4 Å². The fourth-order valence-electron chi connectivity index (χ4n) is 1.15. The van der Waals surface area contributed by atoms with Gasteiger partial charge in [-0.3, -0.25) is 0 Å². The molecule has 0 aromatic heterocycles. The summed E-state index contributed by atoms with van der Waals surface area (Å²) in [5, 5.41) is 22.7. The van der Waals surface area contributed by atoms with Crippen molar-refractivity contribution >= 4 is 12.2 Å². The van der Waals surface area contributed by atoms with Crippen molar-refractivity contribution in [3.05, 3.63) is 0 Å². The van der Waals surface area contributed by atoms with Crippen LogP contribution in [0, 0.1) is 11.8 Å². The molecule has 7 heteroatoms. The number of hydrogen-bond acceptors (Lipinski definition) is 4. The average molecular weight is 272 g/mol. The molecule has 108 valence electrons. The van der Waals surface area contributed by atoms with Crippen molar-refractivity contribution in [2.75, 3.05) is 6.54 Å². The van der Waals surface area contributed by atoms with Gasteiger partial charge in [-0.05, 0) is 27.7 Å². The summed E-state index contributed by atoms with van der Waals surface area (Å²) in [5.41, 5.74) is -0.684. The fraction of sp³-hybridized carbons (Fsp3) is 0.667. The standard InChI is InChI=1S/C12H20N2O5/c1-5-6-9(15)8(7-13-10(16)17)14-11(18)19-12(2,3)4/h8-9,13,15H,7H2,1-4H3,(H,14,18)(H,16,17). The predicted octanol–water partition coefficient (Wildman–Crippen LogP) is 0.531. The number of carboxylic acid groups (broad SMARTS) is 1. The first kappa shape index (κ1) is 17.1. The number of amides is 2. The molecule has 0 bridgehead atoms. The van der Waals surface area contributed by atoms with Gasteiger partial charge >= 0.3 is 12.2 Å². The van der Waals surface area contributed by atoms with Crippen molar-refractivity contribution in [2.24, 2.45) is 0 Å². The molecule has 0 saturated carbocycles. The van der Waals surface area contributed by atoms with E-state index < -0.39 is 29.9 Å². The molecule has 0 aliphatic carbocycles. The lowest BCUT2D eigenvalue weighted by Gasteiger charge is -2.24. The molecule has 0 aromatic rings. The van der Waals surface area contributed by atoms with E-state index in [2.05, 4.69) is 22.5 Å². The quantitative estimate of drug-likeness (QED) is 0.558. The zero-order valence-electron chi connectivity index (χ0n) is 11.5. The zero-order chi connectivity index (χ0) is 15.1. The highest BCUT2D eigenvalue weighted by Crippen LogP contribution is 2.07. The van der Waals surface area contributed by atoms with Crippen LogP contribution in [0.25, 0.3) is 0 Å². The Bertz CT molecular complexity index is 378. The molecule has 0 aliphatic heterocycles. The third-order valence-electron chi connectivity index (χ3n) is 1.85. The van der Waals surface area contributed by atoms with E-state index in [1.165, 1.54) is 6.92 Å². The minimum atomic E-state index is -1.26. The molecule has 4 N–H and O–H groups in total. The van der Waals surface area contributed by atoms with E-state index in [1.807, 2.05) is 0 Å². The number of rotatable bonds is 4. The van der Waals surface area contributed by atoms with Crippen LogP contribution in [0.3, 0.4) is 0 Å². The molecule has 0 aliphatic rings. The highest BCUT2D eigenvalue weighted by molar-refractivity contribution is 5.69. The number of carbonyl (C=O) groups excluding carboxylic acids is 1. The SMILES string of the molecule is CC#CC(O)C(CNC(=O)O)NC(=O)OC(C)(C)C. The molecular weight excluding hydrogens is 252 g/mol. The van der Waals surface area contributed by atoms with Gasteiger partial charge in [-0.1, -0.05) is 5.92 Å². The van der Waals surface area contributed by atoms with E-state index in [0.29, 0.717) is 0 Å². The van der Waals surface area contributed by atoms with Gasteiger partial charge < -0.3 is 25.6 Å². The van der Waals surface area contributed by atoms with Crippen LogP contribution >= 0.6 is 0 Å². The Morgan fingerprint density at radius 3 is 2.37 bits per heavy atom. The Morgan fingerprint density at radius 1 is 1.37 bits per heavy atom. The topological polar surface area (TPSA) is 108 Å². The maximum atomic E-state index is 11.6. The van der Waals surface area contributed by atoms with Crippen molar-refractivity contribution < 1.29 is 24.5 Å². The molecule has 0 fully saturated rings. The maximum absolute atomic E-state index is 11.6. The lowest BCUT2D eigenvalue weighted by Crippen LogP contribution is -2.51. The number of nitrogens with one attached hydrogen (secondary N) is 2. The summed E-state index contributed by atoms with van der Waals surface area (Å²) >= 11 is 0. The third kappa shape index (κ3) is 8.74. The molecule has 0 radical (unpaired) electrons. The van der Waals surface area contributed by atoms with E-state index in [-0.39, 0.29) is 6.54 Å². The number of ether oxygens (including phenoxy) is 1. The van der Waals surface area contributed by atoms with E-state index >= 15 is 0 Å². The van der Waals surface area contributed by atoms with Crippen molar-refractivity contribution in [1.82, 2.24) is 10.6 Å². The van der Waals surface area contributed by atoms with E-state index in [0.717, 1.165) is 0 Å². The monoisotopic (exact) mass is 272 g/mol. The van der Waals surface area contributed by atoms with Crippen molar-refractivity contribution in [3.8, 4) is 11.8 Å². The number of aliphatic hydroxyl groups is 1. The Hall–Kier alpha value is -1.94. The lowest BCUT2D eigenvalue weighted by atomic mass is 10.1. The van der Waals surface area contributed by atoms with E-state index in [1.54, 1.807) is 20.8 Å². The normalized spacial score (nSPS) is 13.5. The van der Waals surface area contributed by atoms with Crippen LogP contribution in [0.1, 0.15) is 27.7 Å². The van der Waals surface area contributed by atoms with Crippen LogP contribution < -0.4 is 10.6 Å².